The number of aliphatic imine (C=N–C) groups is 1. The van der Waals surface area contributed by atoms with Crippen LogP contribution in [0.2, 0.25) is 10.0 Å². The van der Waals surface area contributed by atoms with E-state index in [-0.39, 0.29) is 6.04 Å². The average molecular weight is 662 g/mol. The lowest BCUT2D eigenvalue weighted by molar-refractivity contribution is 0.428. The van der Waals surface area contributed by atoms with Gasteiger partial charge in [0.2, 0.25) is 0 Å². The van der Waals surface area contributed by atoms with Crippen LogP contribution in [0.4, 0.5) is 0 Å². The highest BCUT2D eigenvalue weighted by molar-refractivity contribution is 6.35. The molecule has 4 nitrogen and oxygen atoms in total. The predicted molar refractivity (Wildman–Crippen MR) is 197 cm³/mol. The summed E-state index contributed by atoms with van der Waals surface area (Å²) in [7, 11) is 0. The van der Waals surface area contributed by atoms with Crippen LogP contribution in [-0.2, 0) is 5.54 Å². The summed E-state index contributed by atoms with van der Waals surface area (Å²) in [5.41, 5.74) is 5.81. The van der Waals surface area contributed by atoms with Crippen LogP contribution >= 0.6 is 23.2 Å². The lowest BCUT2D eigenvalue weighted by Crippen LogP contribution is -2.46. The fourth-order valence-electron chi connectivity index (χ4n) is 6.82. The summed E-state index contributed by atoms with van der Waals surface area (Å²) in [6, 6.07) is 57.3. The molecule has 0 amide bonds. The van der Waals surface area contributed by atoms with Crippen molar-refractivity contribution in [2.75, 3.05) is 5.01 Å². The van der Waals surface area contributed by atoms with Gasteiger partial charge in [-0.2, -0.15) is 0 Å². The standard InChI is InChI=1S/C42H30Cl2N4/c43-36-27-15-13-25-34(36)40-45-29-38(30-17-5-1-6-18-30)47(40)48-39(31-19-7-2-8-20-31)42(32-21-9-3-10-22-32,33-23-11-4-12-24-33)46-41(48)35-26-14-16-28-37(35)44/h1-29,39H. The molecule has 0 saturated heterocycles. The maximum atomic E-state index is 7.10. The third kappa shape index (κ3) is 5.02. The second kappa shape index (κ2) is 12.6. The number of benzene rings is 6. The Hall–Kier alpha value is -5.42. The minimum absolute atomic E-state index is 0.382. The number of rotatable bonds is 7. The molecule has 1 atom stereocenters. The molecule has 48 heavy (non-hydrogen) atoms. The molecular weight excluding hydrogens is 631 g/mol. The zero-order chi connectivity index (χ0) is 32.5. The number of halogens is 2. The smallest absolute Gasteiger partial charge is 0.161 e. The van der Waals surface area contributed by atoms with E-state index in [2.05, 4.69) is 94.6 Å². The van der Waals surface area contributed by atoms with Crippen molar-refractivity contribution < 1.29 is 0 Å². The highest BCUT2D eigenvalue weighted by Gasteiger charge is 2.54. The maximum absolute atomic E-state index is 7.10. The van der Waals surface area contributed by atoms with E-state index in [1.807, 2.05) is 91.1 Å². The van der Waals surface area contributed by atoms with Gasteiger partial charge in [-0.1, -0.05) is 169 Å². The van der Waals surface area contributed by atoms with Crippen LogP contribution in [-0.4, -0.2) is 15.5 Å². The lowest BCUT2D eigenvalue weighted by atomic mass is 9.75. The van der Waals surface area contributed by atoms with Crippen molar-refractivity contribution in [3.63, 3.8) is 0 Å². The van der Waals surface area contributed by atoms with Crippen LogP contribution in [0, 0.1) is 0 Å². The van der Waals surface area contributed by atoms with E-state index in [1.165, 1.54) is 0 Å². The topological polar surface area (TPSA) is 33.4 Å². The van der Waals surface area contributed by atoms with Gasteiger partial charge in [-0.3, -0.25) is 5.01 Å². The molecular formula is C42H30Cl2N4. The lowest BCUT2D eigenvalue weighted by Gasteiger charge is -2.40. The molecule has 6 heteroatoms. The summed E-state index contributed by atoms with van der Waals surface area (Å²) >= 11 is 14.0. The van der Waals surface area contributed by atoms with Crippen molar-refractivity contribution in [2.24, 2.45) is 4.99 Å². The van der Waals surface area contributed by atoms with Crippen LogP contribution < -0.4 is 5.01 Å². The Labute approximate surface area is 290 Å². The Morgan fingerprint density at radius 2 is 1.00 bits per heavy atom. The molecule has 6 aromatic carbocycles. The summed E-state index contributed by atoms with van der Waals surface area (Å²) in [6.07, 6.45) is 1.92. The molecule has 1 aromatic heterocycles. The van der Waals surface area contributed by atoms with Gasteiger partial charge in [0.05, 0.1) is 21.9 Å². The normalized spacial score (nSPS) is 15.3. The molecule has 0 fully saturated rings. The fourth-order valence-corrected chi connectivity index (χ4v) is 7.27. The maximum Gasteiger partial charge on any atom is 0.161 e. The van der Waals surface area contributed by atoms with E-state index >= 15 is 0 Å². The summed E-state index contributed by atoms with van der Waals surface area (Å²) < 4.78 is 2.18. The number of aromatic nitrogens is 2. The molecule has 1 aliphatic rings. The molecule has 7 aromatic rings. The van der Waals surface area contributed by atoms with Gasteiger partial charge in [0.1, 0.15) is 11.6 Å². The molecule has 232 valence electrons. The van der Waals surface area contributed by atoms with Gasteiger partial charge in [-0.15, -0.1) is 0 Å². The predicted octanol–water partition coefficient (Wildman–Crippen LogP) is 10.6. The van der Waals surface area contributed by atoms with E-state index in [1.54, 1.807) is 0 Å². The first kappa shape index (κ1) is 29.9. The minimum atomic E-state index is -0.894. The SMILES string of the molecule is Clc1ccccc1C1=NC(c2ccccc2)(c2ccccc2)C(c2ccccc2)N1n1c(-c2ccccc2)cnc1-c1ccccc1Cl. The first-order valence-electron chi connectivity index (χ1n) is 15.8. The minimum Gasteiger partial charge on any atom is -0.251 e. The molecule has 2 heterocycles. The first-order valence-corrected chi connectivity index (χ1v) is 16.6. The van der Waals surface area contributed by atoms with Crippen molar-refractivity contribution in [3.8, 4) is 22.6 Å². The molecule has 1 aliphatic heterocycles. The molecule has 0 bridgehead atoms. The molecule has 1 unspecified atom stereocenters. The van der Waals surface area contributed by atoms with E-state index < -0.39 is 5.54 Å². The highest BCUT2D eigenvalue weighted by Crippen LogP contribution is 2.53. The van der Waals surface area contributed by atoms with E-state index in [0.29, 0.717) is 21.7 Å². The van der Waals surface area contributed by atoms with Crippen molar-refractivity contribution in [3.05, 3.63) is 208 Å². The Morgan fingerprint density at radius 1 is 0.521 bits per heavy atom. The molecule has 0 saturated carbocycles. The number of imidazole rings is 1. The van der Waals surface area contributed by atoms with Gasteiger partial charge in [0.25, 0.3) is 0 Å². The summed E-state index contributed by atoms with van der Waals surface area (Å²) in [5.74, 6) is 1.41. The van der Waals surface area contributed by atoms with E-state index in [0.717, 1.165) is 39.1 Å². The van der Waals surface area contributed by atoms with Crippen LogP contribution in [0.3, 0.4) is 0 Å². The third-order valence-corrected chi connectivity index (χ3v) is 9.59. The van der Waals surface area contributed by atoms with Gasteiger partial charge in [-0.05, 0) is 41.0 Å². The molecule has 0 aliphatic carbocycles. The van der Waals surface area contributed by atoms with Gasteiger partial charge < -0.3 is 0 Å². The summed E-state index contributed by atoms with van der Waals surface area (Å²) in [4.78, 5) is 10.9. The van der Waals surface area contributed by atoms with E-state index in [9.17, 15) is 0 Å². The third-order valence-electron chi connectivity index (χ3n) is 8.94. The molecule has 0 spiro atoms. The van der Waals surface area contributed by atoms with E-state index in [4.69, 9.17) is 33.2 Å². The second-order valence-electron chi connectivity index (χ2n) is 11.7. The summed E-state index contributed by atoms with van der Waals surface area (Å²) in [5, 5.41) is 3.49. The van der Waals surface area contributed by atoms with Crippen LogP contribution in [0.15, 0.2) is 181 Å². The van der Waals surface area contributed by atoms with Crippen molar-refractivity contribution in [1.29, 1.82) is 0 Å². The summed E-state index contributed by atoms with van der Waals surface area (Å²) in [6.45, 7) is 0. The van der Waals surface area contributed by atoms with Gasteiger partial charge in [0, 0.05) is 16.7 Å². The first-order chi connectivity index (χ1) is 23.7. The van der Waals surface area contributed by atoms with Crippen molar-refractivity contribution in [1.82, 2.24) is 9.66 Å². The van der Waals surface area contributed by atoms with Gasteiger partial charge in [-0.25, -0.2) is 14.7 Å². The number of nitrogens with zero attached hydrogens (tertiary/aromatic N) is 4. The average Bonchev–Trinajstić information content (AvgIpc) is 3.74. The van der Waals surface area contributed by atoms with Crippen LogP contribution in [0.5, 0.6) is 0 Å². The van der Waals surface area contributed by atoms with Gasteiger partial charge >= 0.3 is 0 Å². The number of amidine groups is 1. The van der Waals surface area contributed by atoms with Crippen LogP contribution in [0.1, 0.15) is 28.3 Å². The van der Waals surface area contributed by atoms with Crippen molar-refractivity contribution >= 4 is 29.0 Å². The Kier molecular flexibility index (Phi) is 7.89. The number of hydrogen-bond acceptors (Lipinski definition) is 3. The zero-order valence-electron chi connectivity index (χ0n) is 25.9. The Bertz CT molecular complexity index is 2180. The quantitative estimate of drug-likeness (QED) is 0.170. The largest absolute Gasteiger partial charge is 0.251 e. The van der Waals surface area contributed by atoms with Crippen LogP contribution in [0.25, 0.3) is 22.6 Å². The van der Waals surface area contributed by atoms with Crippen molar-refractivity contribution in [2.45, 2.75) is 11.6 Å². The second-order valence-corrected chi connectivity index (χ2v) is 12.5. The Morgan fingerprint density at radius 3 is 1.56 bits per heavy atom. The van der Waals surface area contributed by atoms with Gasteiger partial charge in [0.15, 0.2) is 11.7 Å². The number of hydrogen-bond donors (Lipinski definition) is 0. The molecule has 0 radical (unpaired) electrons. The fraction of sp³-hybridized carbons (Fsp3) is 0.0476. The zero-order valence-corrected chi connectivity index (χ0v) is 27.4. The molecule has 8 rings (SSSR count). The highest BCUT2D eigenvalue weighted by atomic mass is 35.5. The monoisotopic (exact) mass is 660 g/mol. The molecule has 0 N–H and O–H groups in total. The Balaban J connectivity index is 1.54.